The van der Waals surface area contributed by atoms with Crippen molar-refractivity contribution in [3.05, 3.63) is 89.1 Å². The van der Waals surface area contributed by atoms with Gasteiger partial charge in [0, 0.05) is 11.8 Å². The van der Waals surface area contributed by atoms with E-state index >= 15 is 0 Å². The van der Waals surface area contributed by atoms with E-state index in [4.69, 9.17) is 9.15 Å². The maximum atomic E-state index is 13.9. The molecule has 4 rings (SSSR count). The molecule has 0 saturated carbocycles. The van der Waals surface area contributed by atoms with Crippen LogP contribution < -0.4 is 9.64 Å². The number of furan rings is 1. The van der Waals surface area contributed by atoms with Crippen LogP contribution in [-0.2, 0) is 4.79 Å². The Bertz CT molecular complexity index is 1220. The van der Waals surface area contributed by atoms with Gasteiger partial charge in [0.1, 0.15) is 0 Å². The Hall–Kier alpha value is -4.14. The van der Waals surface area contributed by atoms with Crippen LogP contribution in [0.3, 0.4) is 0 Å². The summed E-state index contributed by atoms with van der Waals surface area (Å²) in [7, 11) is 1.35. The zero-order valence-electron chi connectivity index (χ0n) is 16.0. The van der Waals surface area contributed by atoms with E-state index in [-0.39, 0.29) is 34.1 Å². The molecule has 1 aromatic heterocycles. The summed E-state index contributed by atoms with van der Waals surface area (Å²) in [6.07, 6.45) is 1.25. The molecule has 158 valence electrons. The summed E-state index contributed by atoms with van der Waals surface area (Å²) in [5, 5.41) is 20.8. The van der Waals surface area contributed by atoms with Crippen molar-refractivity contribution in [2.75, 3.05) is 12.0 Å². The van der Waals surface area contributed by atoms with Crippen molar-refractivity contribution in [2.24, 2.45) is 0 Å². The largest absolute Gasteiger partial charge is 0.504 e. The lowest BCUT2D eigenvalue weighted by atomic mass is 9.94. The number of hydrogen-bond donors (Lipinski definition) is 2. The zero-order valence-corrected chi connectivity index (χ0v) is 16.0. The molecule has 1 atom stereocenters. The number of hydrogen-bond acceptors (Lipinski definition) is 6. The lowest BCUT2D eigenvalue weighted by Gasteiger charge is -2.27. The fraction of sp³-hybridized carbons (Fsp3) is 0.0909. The highest BCUT2D eigenvalue weighted by Gasteiger charge is 2.45. The number of carbonyl (C=O) groups excluding carboxylic acids is 2. The summed E-state index contributed by atoms with van der Waals surface area (Å²) in [5.41, 5.74) is -0.220. The molecular weight excluding hydrogens is 412 g/mol. The Morgan fingerprint density at radius 2 is 1.87 bits per heavy atom. The van der Waals surface area contributed by atoms with Crippen LogP contribution in [0.4, 0.5) is 14.5 Å². The molecule has 2 heterocycles. The molecule has 1 aliphatic rings. The highest BCUT2D eigenvalue weighted by molar-refractivity contribution is 6.20. The van der Waals surface area contributed by atoms with Gasteiger partial charge in [-0.15, -0.1) is 0 Å². The minimum Gasteiger partial charge on any atom is -0.504 e. The molecule has 0 aliphatic carbocycles. The molecule has 0 saturated heterocycles. The van der Waals surface area contributed by atoms with E-state index in [1.807, 2.05) is 0 Å². The first-order valence-corrected chi connectivity index (χ1v) is 9.00. The number of benzene rings is 2. The average molecular weight is 427 g/mol. The number of carbonyl (C=O) groups is 2. The minimum atomic E-state index is -1.26. The number of aromatic hydroxyl groups is 1. The summed E-state index contributed by atoms with van der Waals surface area (Å²) in [6, 6.07) is 8.42. The Labute approximate surface area is 174 Å². The number of halogens is 2. The van der Waals surface area contributed by atoms with Gasteiger partial charge in [0.15, 0.2) is 34.7 Å². The predicted molar refractivity (Wildman–Crippen MR) is 104 cm³/mol. The molecule has 1 amide bonds. The van der Waals surface area contributed by atoms with Gasteiger partial charge in [0.25, 0.3) is 5.91 Å². The maximum Gasteiger partial charge on any atom is 0.294 e. The molecule has 3 aromatic rings. The lowest BCUT2D eigenvalue weighted by molar-refractivity contribution is -0.117. The highest BCUT2D eigenvalue weighted by Crippen LogP contribution is 2.43. The number of anilines is 1. The van der Waals surface area contributed by atoms with Crippen molar-refractivity contribution in [1.29, 1.82) is 0 Å². The number of Topliss-reactive ketones (excluding diaryl/α,β-unsaturated/α-hetero) is 1. The average Bonchev–Trinajstić information content (AvgIpc) is 3.37. The van der Waals surface area contributed by atoms with Crippen LogP contribution in [0.1, 0.15) is 22.2 Å². The number of nitrogens with zero attached hydrogens (tertiary/aromatic N) is 1. The monoisotopic (exact) mass is 427 g/mol. The summed E-state index contributed by atoms with van der Waals surface area (Å²) >= 11 is 0. The van der Waals surface area contributed by atoms with E-state index in [0.29, 0.717) is 0 Å². The van der Waals surface area contributed by atoms with Crippen molar-refractivity contribution >= 4 is 17.4 Å². The topological polar surface area (TPSA) is 100 Å². The third-order valence-electron chi connectivity index (χ3n) is 4.90. The standard InChI is InChI=1S/C22H15F2NO6/c1-30-16-7-4-11(9-15(16)26)19-18(20(27)17-3-2-8-31-17)21(28)22(29)25(19)12-5-6-13(23)14(24)10-12/h2-10,19,26,28H,1H3. The Kier molecular flexibility index (Phi) is 4.94. The van der Waals surface area contributed by atoms with Crippen LogP contribution in [0, 0.1) is 11.6 Å². The summed E-state index contributed by atoms with van der Waals surface area (Å²) < 4.78 is 37.5. The van der Waals surface area contributed by atoms with Crippen molar-refractivity contribution in [3.63, 3.8) is 0 Å². The number of phenolic OH excluding ortho intramolecular Hbond substituents is 1. The quantitative estimate of drug-likeness (QED) is 0.596. The molecule has 2 aromatic carbocycles. The second-order valence-corrected chi connectivity index (χ2v) is 6.68. The zero-order chi connectivity index (χ0) is 22.3. The highest BCUT2D eigenvalue weighted by atomic mass is 19.2. The van der Waals surface area contributed by atoms with Crippen LogP contribution >= 0.6 is 0 Å². The van der Waals surface area contributed by atoms with Crippen LogP contribution in [0.25, 0.3) is 0 Å². The Balaban J connectivity index is 1.91. The van der Waals surface area contributed by atoms with Crippen molar-refractivity contribution < 1.29 is 37.7 Å². The molecular formula is C22H15F2NO6. The van der Waals surface area contributed by atoms with Crippen LogP contribution in [0.5, 0.6) is 11.5 Å². The van der Waals surface area contributed by atoms with Gasteiger partial charge >= 0.3 is 0 Å². The number of amides is 1. The summed E-state index contributed by atoms with van der Waals surface area (Å²) in [5.74, 6) is -5.27. The Morgan fingerprint density at radius 3 is 2.48 bits per heavy atom. The summed E-state index contributed by atoms with van der Waals surface area (Å²) in [4.78, 5) is 26.9. The van der Waals surface area contributed by atoms with E-state index in [2.05, 4.69) is 0 Å². The molecule has 1 aliphatic heterocycles. The molecule has 31 heavy (non-hydrogen) atoms. The van der Waals surface area contributed by atoms with Crippen LogP contribution in [0.15, 0.2) is 70.5 Å². The van der Waals surface area contributed by atoms with Gasteiger partial charge in [-0.25, -0.2) is 8.78 Å². The Morgan fingerprint density at radius 1 is 1.10 bits per heavy atom. The molecule has 0 spiro atoms. The fourth-order valence-corrected chi connectivity index (χ4v) is 3.47. The number of aliphatic hydroxyl groups excluding tert-OH is 1. The first-order chi connectivity index (χ1) is 14.8. The van der Waals surface area contributed by atoms with Gasteiger partial charge in [-0.05, 0) is 42.0 Å². The molecule has 0 bridgehead atoms. The van der Waals surface area contributed by atoms with Crippen molar-refractivity contribution in [1.82, 2.24) is 0 Å². The first kappa shape index (κ1) is 20.1. The smallest absolute Gasteiger partial charge is 0.294 e. The second-order valence-electron chi connectivity index (χ2n) is 6.68. The predicted octanol–water partition coefficient (Wildman–Crippen LogP) is 4.05. The SMILES string of the molecule is COc1ccc(C2C(C(=O)c3ccco3)=C(O)C(=O)N2c2ccc(F)c(F)c2)cc1O. The van der Waals surface area contributed by atoms with E-state index in [0.717, 1.165) is 23.1 Å². The maximum absolute atomic E-state index is 13.9. The molecule has 1 unspecified atom stereocenters. The molecule has 0 fully saturated rings. The summed E-state index contributed by atoms with van der Waals surface area (Å²) in [6.45, 7) is 0. The van der Waals surface area contributed by atoms with E-state index in [1.165, 1.54) is 43.7 Å². The van der Waals surface area contributed by atoms with Gasteiger partial charge in [-0.3, -0.25) is 14.5 Å². The van der Waals surface area contributed by atoms with Crippen molar-refractivity contribution in [3.8, 4) is 11.5 Å². The number of methoxy groups -OCH3 is 1. The van der Waals surface area contributed by atoms with Gasteiger partial charge in [0.2, 0.25) is 5.78 Å². The molecule has 0 radical (unpaired) electrons. The third-order valence-corrected chi connectivity index (χ3v) is 4.90. The van der Waals surface area contributed by atoms with Crippen LogP contribution in [0.2, 0.25) is 0 Å². The number of aliphatic hydroxyl groups is 1. The van der Waals surface area contributed by atoms with E-state index in [1.54, 1.807) is 0 Å². The van der Waals surface area contributed by atoms with Gasteiger partial charge in [0.05, 0.1) is 25.0 Å². The van der Waals surface area contributed by atoms with Gasteiger partial charge in [-0.1, -0.05) is 6.07 Å². The first-order valence-electron chi connectivity index (χ1n) is 9.00. The second kappa shape index (κ2) is 7.60. The van der Waals surface area contributed by atoms with E-state index < -0.39 is 35.1 Å². The van der Waals surface area contributed by atoms with Crippen molar-refractivity contribution in [2.45, 2.75) is 6.04 Å². The lowest BCUT2D eigenvalue weighted by Crippen LogP contribution is -2.31. The minimum absolute atomic E-state index is 0.0991. The number of rotatable bonds is 5. The fourth-order valence-electron chi connectivity index (χ4n) is 3.47. The molecule has 7 nitrogen and oxygen atoms in total. The number of ether oxygens (including phenoxy) is 1. The third kappa shape index (κ3) is 3.29. The molecule has 2 N–H and O–H groups in total. The molecule has 9 heteroatoms. The van der Waals surface area contributed by atoms with Gasteiger partial charge in [-0.2, -0.15) is 0 Å². The van der Waals surface area contributed by atoms with Gasteiger partial charge < -0.3 is 19.4 Å². The normalized spacial score (nSPS) is 16.2. The van der Waals surface area contributed by atoms with E-state index in [9.17, 15) is 28.6 Å². The number of ketones is 1. The van der Waals surface area contributed by atoms with Crippen LogP contribution in [-0.4, -0.2) is 29.0 Å². The number of phenols is 1.